The lowest BCUT2D eigenvalue weighted by Crippen LogP contribution is -2.06. The first-order valence-electron chi connectivity index (χ1n) is 10.6. The Morgan fingerprint density at radius 2 is 1.87 bits per heavy atom. The average Bonchev–Trinajstić information content (AvgIpc) is 3.50. The molecule has 0 unspecified atom stereocenters. The Balaban J connectivity index is 1.42. The molecule has 0 atom stereocenters. The van der Waals surface area contributed by atoms with Crippen molar-refractivity contribution in [2.75, 3.05) is 5.32 Å². The topological polar surface area (TPSA) is 67.2 Å². The number of benzene rings is 2. The number of fused-ring (bicyclic) bond motifs is 1. The molecule has 0 spiro atoms. The van der Waals surface area contributed by atoms with E-state index in [9.17, 15) is 9.90 Å². The van der Waals surface area contributed by atoms with E-state index in [2.05, 4.69) is 65.2 Å². The molecule has 2 N–H and O–H groups in total. The number of carboxylic acids is 1. The van der Waals surface area contributed by atoms with E-state index in [0.29, 0.717) is 11.7 Å². The van der Waals surface area contributed by atoms with E-state index in [1.54, 1.807) is 12.3 Å². The number of aryl methyl sites for hydroxylation is 2. The van der Waals surface area contributed by atoms with Gasteiger partial charge in [-0.15, -0.1) is 0 Å². The molecule has 0 saturated heterocycles. The molecule has 0 amide bonds. The number of hydrogen-bond acceptors (Lipinski definition) is 3. The summed E-state index contributed by atoms with van der Waals surface area (Å²) >= 11 is 0. The van der Waals surface area contributed by atoms with Gasteiger partial charge in [0.1, 0.15) is 11.4 Å². The van der Waals surface area contributed by atoms with Gasteiger partial charge in [-0.25, -0.2) is 9.78 Å². The summed E-state index contributed by atoms with van der Waals surface area (Å²) < 4.78 is 2.23. The number of aromatic carboxylic acids is 1. The van der Waals surface area contributed by atoms with Crippen LogP contribution in [0.1, 0.15) is 51.4 Å². The lowest BCUT2D eigenvalue weighted by atomic mass is 10.1. The van der Waals surface area contributed by atoms with Gasteiger partial charge in [0.05, 0.1) is 0 Å². The number of anilines is 2. The number of nitrogens with one attached hydrogen (secondary N) is 1. The Morgan fingerprint density at radius 3 is 2.58 bits per heavy atom. The maximum Gasteiger partial charge on any atom is 0.339 e. The largest absolute Gasteiger partial charge is 0.478 e. The third kappa shape index (κ3) is 4.04. The number of rotatable bonds is 6. The molecular formula is C26H25N3O2. The number of nitrogens with zero attached hydrogens (tertiary/aromatic N) is 2. The molecule has 1 aliphatic carbocycles. The molecule has 5 nitrogen and oxygen atoms in total. The molecule has 31 heavy (non-hydrogen) atoms. The Labute approximate surface area is 181 Å². The average molecular weight is 412 g/mol. The molecule has 2 aromatic heterocycles. The fraction of sp³-hybridized carbons (Fsp3) is 0.231. The first-order valence-corrected chi connectivity index (χ1v) is 10.6. The highest BCUT2D eigenvalue weighted by molar-refractivity contribution is 5.95. The van der Waals surface area contributed by atoms with Gasteiger partial charge in [0.25, 0.3) is 0 Å². The van der Waals surface area contributed by atoms with Crippen LogP contribution in [0.25, 0.3) is 10.9 Å². The number of carbonyl (C=O) groups is 1. The summed E-state index contributed by atoms with van der Waals surface area (Å²) in [6.45, 7) is 5.06. The predicted octanol–water partition coefficient (Wildman–Crippen LogP) is 6.02. The molecule has 0 aliphatic heterocycles. The Bertz CT molecular complexity index is 1280. The number of pyridine rings is 1. The Morgan fingerprint density at radius 1 is 1.10 bits per heavy atom. The van der Waals surface area contributed by atoms with Gasteiger partial charge in [-0.3, -0.25) is 0 Å². The molecular weight excluding hydrogens is 386 g/mol. The standard InChI is InChI=1S/C26H25N3O2/c1-16-9-17(2)11-18(10-16)15-29-8-7-20-12-22(5-6-24(20)29)28-25-23(26(30)31)13-21(14-27-25)19-3-4-19/h5-14,19H,3-4,15H2,1-2H3,(H,27,28)(H,30,31). The SMILES string of the molecule is Cc1cc(C)cc(Cn2ccc3cc(Nc4ncc(C5CC5)cc4C(=O)O)ccc32)c1. The summed E-state index contributed by atoms with van der Waals surface area (Å²) in [4.78, 5) is 16.2. The minimum atomic E-state index is -0.960. The second-order valence-corrected chi connectivity index (χ2v) is 8.58. The molecule has 4 aromatic rings. The van der Waals surface area contributed by atoms with Crippen LogP contribution in [-0.2, 0) is 6.54 Å². The lowest BCUT2D eigenvalue weighted by molar-refractivity contribution is 0.0697. The monoisotopic (exact) mass is 411 g/mol. The highest BCUT2D eigenvalue weighted by Crippen LogP contribution is 2.40. The molecule has 0 radical (unpaired) electrons. The van der Waals surface area contributed by atoms with Crippen LogP contribution in [-0.4, -0.2) is 20.6 Å². The summed E-state index contributed by atoms with van der Waals surface area (Å²) in [6, 6.07) is 16.6. The first-order chi connectivity index (χ1) is 15.0. The van der Waals surface area contributed by atoms with Gasteiger partial charge in [0.2, 0.25) is 0 Å². The molecule has 1 fully saturated rings. The second-order valence-electron chi connectivity index (χ2n) is 8.58. The van der Waals surface area contributed by atoms with Crippen LogP contribution in [0, 0.1) is 13.8 Å². The van der Waals surface area contributed by atoms with E-state index in [-0.39, 0.29) is 5.56 Å². The zero-order valence-electron chi connectivity index (χ0n) is 17.7. The molecule has 1 aliphatic rings. The van der Waals surface area contributed by atoms with Crippen molar-refractivity contribution in [3.05, 3.63) is 88.7 Å². The zero-order valence-corrected chi connectivity index (χ0v) is 17.7. The van der Waals surface area contributed by atoms with Crippen LogP contribution in [0.4, 0.5) is 11.5 Å². The summed E-state index contributed by atoms with van der Waals surface area (Å²) in [5.41, 5.74) is 7.02. The van der Waals surface area contributed by atoms with Crippen molar-refractivity contribution in [3.63, 3.8) is 0 Å². The van der Waals surface area contributed by atoms with Gasteiger partial charge in [-0.1, -0.05) is 29.3 Å². The van der Waals surface area contributed by atoms with Crippen LogP contribution in [0.5, 0.6) is 0 Å². The van der Waals surface area contributed by atoms with Crippen molar-refractivity contribution in [3.8, 4) is 0 Å². The molecule has 1 saturated carbocycles. The normalized spacial score (nSPS) is 13.5. The maximum absolute atomic E-state index is 11.8. The van der Waals surface area contributed by atoms with E-state index in [1.165, 1.54) is 16.7 Å². The molecule has 2 aromatic carbocycles. The summed E-state index contributed by atoms with van der Waals surface area (Å²) in [6.07, 6.45) is 6.12. The van der Waals surface area contributed by atoms with E-state index >= 15 is 0 Å². The van der Waals surface area contributed by atoms with Crippen molar-refractivity contribution in [2.45, 2.75) is 39.2 Å². The van der Waals surface area contributed by atoms with Gasteiger partial charge >= 0.3 is 5.97 Å². The van der Waals surface area contributed by atoms with Crippen LogP contribution in [0.15, 0.2) is 60.9 Å². The minimum Gasteiger partial charge on any atom is -0.478 e. The predicted molar refractivity (Wildman–Crippen MR) is 123 cm³/mol. The zero-order chi connectivity index (χ0) is 21.5. The summed E-state index contributed by atoms with van der Waals surface area (Å²) in [5.74, 6) is -0.114. The minimum absolute atomic E-state index is 0.219. The molecule has 156 valence electrons. The van der Waals surface area contributed by atoms with Crippen molar-refractivity contribution in [2.24, 2.45) is 0 Å². The lowest BCUT2D eigenvalue weighted by Gasteiger charge is -2.11. The fourth-order valence-corrected chi connectivity index (χ4v) is 4.29. The Kier molecular flexibility index (Phi) is 4.74. The van der Waals surface area contributed by atoms with Crippen molar-refractivity contribution in [1.82, 2.24) is 9.55 Å². The van der Waals surface area contributed by atoms with Gasteiger partial charge in [-0.2, -0.15) is 0 Å². The van der Waals surface area contributed by atoms with E-state index in [0.717, 1.165) is 41.5 Å². The maximum atomic E-state index is 11.8. The third-order valence-corrected chi connectivity index (χ3v) is 5.86. The van der Waals surface area contributed by atoms with Gasteiger partial charge < -0.3 is 15.0 Å². The molecule has 5 heteroatoms. The number of carboxylic acid groups (broad SMARTS) is 1. The van der Waals surface area contributed by atoms with Crippen molar-refractivity contribution < 1.29 is 9.90 Å². The summed E-state index contributed by atoms with van der Waals surface area (Å²) in [5, 5.41) is 13.9. The Hall–Kier alpha value is -3.60. The fourth-order valence-electron chi connectivity index (χ4n) is 4.29. The molecule has 5 rings (SSSR count). The van der Waals surface area contributed by atoms with Crippen molar-refractivity contribution in [1.29, 1.82) is 0 Å². The van der Waals surface area contributed by atoms with Crippen LogP contribution < -0.4 is 5.32 Å². The van der Waals surface area contributed by atoms with E-state index < -0.39 is 5.97 Å². The van der Waals surface area contributed by atoms with Crippen LogP contribution >= 0.6 is 0 Å². The van der Waals surface area contributed by atoms with Gasteiger partial charge in [0, 0.05) is 35.5 Å². The highest BCUT2D eigenvalue weighted by Gasteiger charge is 2.26. The number of aromatic nitrogens is 2. The smallest absolute Gasteiger partial charge is 0.339 e. The second kappa shape index (κ2) is 7.58. The van der Waals surface area contributed by atoms with Gasteiger partial charge in [-0.05, 0) is 74.1 Å². The quantitative estimate of drug-likeness (QED) is 0.407. The van der Waals surface area contributed by atoms with Gasteiger partial charge in [0.15, 0.2) is 0 Å². The molecule has 0 bridgehead atoms. The van der Waals surface area contributed by atoms with E-state index in [1.807, 2.05) is 12.1 Å². The number of hydrogen-bond donors (Lipinski definition) is 2. The first kappa shape index (κ1) is 19.4. The van der Waals surface area contributed by atoms with Crippen LogP contribution in [0.2, 0.25) is 0 Å². The third-order valence-electron chi connectivity index (χ3n) is 5.86. The highest BCUT2D eigenvalue weighted by atomic mass is 16.4. The van der Waals surface area contributed by atoms with Crippen LogP contribution in [0.3, 0.4) is 0 Å². The molecule has 2 heterocycles. The van der Waals surface area contributed by atoms with Crippen molar-refractivity contribution >= 4 is 28.4 Å². The summed E-state index contributed by atoms with van der Waals surface area (Å²) in [7, 11) is 0. The van der Waals surface area contributed by atoms with E-state index in [4.69, 9.17) is 0 Å².